The van der Waals surface area contributed by atoms with E-state index in [-0.39, 0.29) is 0 Å². The van der Waals surface area contributed by atoms with Gasteiger partial charge in [-0.05, 0) is 29.1 Å². The van der Waals surface area contributed by atoms with Gasteiger partial charge in [-0.2, -0.15) is 0 Å². The minimum atomic E-state index is 0.939. The van der Waals surface area contributed by atoms with Crippen molar-refractivity contribution in [2.24, 2.45) is 0 Å². The molecule has 0 saturated heterocycles. The van der Waals surface area contributed by atoms with Crippen LogP contribution in [0.2, 0.25) is 0 Å². The summed E-state index contributed by atoms with van der Waals surface area (Å²) in [6.07, 6.45) is 1.71. The highest BCUT2D eigenvalue weighted by molar-refractivity contribution is 7.14. The molecule has 1 aromatic carbocycles. The number of rotatable bonds is 2. The summed E-state index contributed by atoms with van der Waals surface area (Å²) in [6, 6.07) is 16.4. The number of benzene rings is 1. The Kier molecular flexibility index (Phi) is 2.35. The SMILES string of the molecule is c1ccc(-c2ccsc2-c2ccco2)cc1. The quantitative estimate of drug-likeness (QED) is 0.618. The van der Waals surface area contributed by atoms with Crippen LogP contribution < -0.4 is 0 Å². The highest BCUT2D eigenvalue weighted by Crippen LogP contribution is 2.36. The lowest BCUT2D eigenvalue weighted by Gasteiger charge is -2.00. The number of hydrogen-bond acceptors (Lipinski definition) is 2. The zero-order valence-electron chi connectivity index (χ0n) is 8.59. The molecule has 1 nitrogen and oxygen atoms in total. The van der Waals surface area contributed by atoms with Crippen molar-refractivity contribution in [3.05, 3.63) is 60.2 Å². The fourth-order valence-electron chi connectivity index (χ4n) is 1.75. The molecule has 16 heavy (non-hydrogen) atoms. The van der Waals surface area contributed by atoms with Gasteiger partial charge in [0, 0.05) is 5.56 Å². The summed E-state index contributed by atoms with van der Waals surface area (Å²) in [5, 5.41) is 2.10. The predicted molar refractivity (Wildman–Crippen MR) is 67.5 cm³/mol. The van der Waals surface area contributed by atoms with Crippen molar-refractivity contribution in [3.8, 4) is 21.8 Å². The van der Waals surface area contributed by atoms with Gasteiger partial charge in [-0.15, -0.1) is 11.3 Å². The predicted octanol–water partition coefficient (Wildman–Crippen LogP) is 4.68. The Balaban J connectivity index is 2.14. The van der Waals surface area contributed by atoms with Crippen molar-refractivity contribution in [1.82, 2.24) is 0 Å². The molecule has 0 spiro atoms. The third kappa shape index (κ3) is 1.57. The highest BCUT2D eigenvalue weighted by Gasteiger charge is 2.10. The Labute approximate surface area is 98.0 Å². The van der Waals surface area contributed by atoms with E-state index in [0.29, 0.717) is 0 Å². The van der Waals surface area contributed by atoms with Gasteiger partial charge in [-0.1, -0.05) is 30.3 Å². The summed E-state index contributed by atoms with van der Waals surface area (Å²) >= 11 is 1.71. The monoisotopic (exact) mass is 226 g/mol. The van der Waals surface area contributed by atoms with Crippen LogP contribution in [-0.4, -0.2) is 0 Å². The molecule has 78 valence electrons. The minimum absolute atomic E-state index is 0.939. The minimum Gasteiger partial charge on any atom is -0.463 e. The van der Waals surface area contributed by atoms with Gasteiger partial charge in [0.15, 0.2) is 0 Å². The zero-order valence-corrected chi connectivity index (χ0v) is 9.41. The molecule has 0 radical (unpaired) electrons. The summed E-state index contributed by atoms with van der Waals surface area (Å²) in [4.78, 5) is 1.19. The molecule has 0 bridgehead atoms. The Hall–Kier alpha value is -1.80. The molecule has 0 N–H and O–H groups in total. The van der Waals surface area contributed by atoms with Crippen LogP contribution in [0.25, 0.3) is 21.8 Å². The van der Waals surface area contributed by atoms with Crippen molar-refractivity contribution in [2.75, 3.05) is 0 Å². The largest absolute Gasteiger partial charge is 0.463 e. The van der Waals surface area contributed by atoms with E-state index in [1.165, 1.54) is 16.0 Å². The maximum absolute atomic E-state index is 5.45. The molecule has 0 unspecified atom stereocenters. The molecule has 3 rings (SSSR count). The van der Waals surface area contributed by atoms with Gasteiger partial charge >= 0.3 is 0 Å². The Morgan fingerprint density at radius 3 is 2.50 bits per heavy atom. The summed E-state index contributed by atoms with van der Waals surface area (Å²) in [6.45, 7) is 0. The Bertz CT molecular complexity index is 564. The summed E-state index contributed by atoms with van der Waals surface area (Å²) in [5.41, 5.74) is 2.47. The van der Waals surface area contributed by atoms with Crippen molar-refractivity contribution < 1.29 is 4.42 Å². The van der Waals surface area contributed by atoms with Crippen molar-refractivity contribution in [3.63, 3.8) is 0 Å². The van der Waals surface area contributed by atoms with Crippen LogP contribution in [-0.2, 0) is 0 Å². The van der Waals surface area contributed by atoms with Crippen LogP contribution in [0.1, 0.15) is 0 Å². The maximum atomic E-state index is 5.45. The lowest BCUT2D eigenvalue weighted by atomic mass is 10.1. The molecule has 0 aliphatic rings. The Morgan fingerprint density at radius 2 is 1.75 bits per heavy atom. The van der Waals surface area contributed by atoms with E-state index >= 15 is 0 Å². The maximum Gasteiger partial charge on any atom is 0.144 e. The molecule has 0 aliphatic carbocycles. The van der Waals surface area contributed by atoms with E-state index in [4.69, 9.17) is 4.42 Å². The Morgan fingerprint density at radius 1 is 0.875 bits per heavy atom. The summed E-state index contributed by atoms with van der Waals surface area (Å²) in [5.74, 6) is 0.939. The summed E-state index contributed by atoms with van der Waals surface area (Å²) in [7, 11) is 0. The first-order valence-corrected chi connectivity index (χ1v) is 6.00. The topological polar surface area (TPSA) is 13.1 Å². The first-order valence-electron chi connectivity index (χ1n) is 5.12. The highest BCUT2D eigenvalue weighted by atomic mass is 32.1. The molecule has 2 heterocycles. The van der Waals surface area contributed by atoms with Gasteiger partial charge in [0.25, 0.3) is 0 Å². The van der Waals surface area contributed by atoms with Crippen LogP contribution >= 0.6 is 11.3 Å². The van der Waals surface area contributed by atoms with Gasteiger partial charge in [0.2, 0.25) is 0 Å². The van der Waals surface area contributed by atoms with Gasteiger partial charge in [-0.3, -0.25) is 0 Å². The molecule has 0 fully saturated rings. The third-order valence-electron chi connectivity index (χ3n) is 2.49. The van der Waals surface area contributed by atoms with Gasteiger partial charge in [0.1, 0.15) is 5.76 Å². The van der Waals surface area contributed by atoms with Crippen molar-refractivity contribution >= 4 is 11.3 Å². The second-order valence-electron chi connectivity index (χ2n) is 3.51. The molecular formula is C14H10OS. The lowest BCUT2D eigenvalue weighted by molar-refractivity contribution is 0.584. The van der Waals surface area contributed by atoms with Crippen LogP contribution in [0, 0.1) is 0 Å². The fraction of sp³-hybridized carbons (Fsp3) is 0. The van der Waals surface area contributed by atoms with Crippen LogP contribution in [0.5, 0.6) is 0 Å². The second-order valence-corrected chi connectivity index (χ2v) is 4.42. The van der Waals surface area contributed by atoms with Crippen LogP contribution in [0.4, 0.5) is 0 Å². The molecule has 3 aromatic rings. The van der Waals surface area contributed by atoms with Gasteiger partial charge in [0.05, 0.1) is 11.1 Å². The first kappa shape index (κ1) is 9.43. The van der Waals surface area contributed by atoms with E-state index < -0.39 is 0 Å². The molecule has 0 atom stereocenters. The normalized spacial score (nSPS) is 10.5. The molecule has 0 aliphatic heterocycles. The van der Waals surface area contributed by atoms with E-state index in [9.17, 15) is 0 Å². The van der Waals surface area contributed by atoms with Crippen molar-refractivity contribution in [2.45, 2.75) is 0 Å². The van der Waals surface area contributed by atoms with E-state index in [1.807, 2.05) is 18.2 Å². The molecule has 2 heteroatoms. The van der Waals surface area contributed by atoms with Gasteiger partial charge < -0.3 is 4.42 Å². The van der Waals surface area contributed by atoms with E-state index in [1.54, 1.807) is 17.6 Å². The van der Waals surface area contributed by atoms with E-state index in [2.05, 4.69) is 35.7 Å². The fourth-order valence-corrected chi connectivity index (χ4v) is 2.64. The second kappa shape index (κ2) is 3.99. The molecule has 0 amide bonds. The molecular weight excluding hydrogens is 216 g/mol. The molecule has 2 aromatic heterocycles. The smallest absolute Gasteiger partial charge is 0.144 e. The average molecular weight is 226 g/mol. The summed E-state index contributed by atoms with van der Waals surface area (Å²) < 4.78 is 5.45. The number of thiophene rings is 1. The van der Waals surface area contributed by atoms with Crippen LogP contribution in [0.15, 0.2) is 64.6 Å². The third-order valence-corrected chi connectivity index (χ3v) is 3.42. The standard InChI is InChI=1S/C14H10OS/c1-2-5-11(6-3-1)12-8-10-16-14(12)13-7-4-9-15-13/h1-10H. The van der Waals surface area contributed by atoms with Gasteiger partial charge in [-0.25, -0.2) is 0 Å². The number of hydrogen-bond donors (Lipinski definition) is 0. The van der Waals surface area contributed by atoms with E-state index in [0.717, 1.165) is 5.76 Å². The number of furan rings is 1. The average Bonchev–Trinajstić information content (AvgIpc) is 3.01. The lowest BCUT2D eigenvalue weighted by Crippen LogP contribution is -1.75. The zero-order chi connectivity index (χ0) is 10.8. The molecule has 0 saturated carbocycles. The van der Waals surface area contributed by atoms with Crippen molar-refractivity contribution in [1.29, 1.82) is 0 Å². The van der Waals surface area contributed by atoms with Crippen LogP contribution in [0.3, 0.4) is 0 Å². The first-order chi connectivity index (χ1) is 7.95.